The third-order valence-corrected chi connectivity index (χ3v) is 3.73. The van der Waals surface area contributed by atoms with Gasteiger partial charge in [0.15, 0.2) is 5.78 Å². The van der Waals surface area contributed by atoms with E-state index >= 15 is 0 Å². The van der Waals surface area contributed by atoms with Crippen molar-refractivity contribution in [3.05, 3.63) is 48.3 Å². The molecule has 21 heavy (non-hydrogen) atoms. The topological polar surface area (TPSA) is 49.3 Å². The highest BCUT2D eigenvalue weighted by Gasteiger charge is 2.18. The Morgan fingerprint density at radius 2 is 1.62 bits per heavy atom. The van der Waals surface area contributed by atoms with Crippen molar-refractivity contribution in [3.8, 4) is 0 Å². The first-order valence-electron chi connectivity index (χ1n) is 7.12. The zero-order valence-corrected chi connectivity index (χ0v) is 12.1. The maximum absolute atomic E-state index is 11.3. The fourth-order valence-electron chi connectivity index (χ4n) is 2.49. The molecule has 5 nitrogen and oxygen atoms in total. The SMILES string of the molecule is CC(=O)c1ccc(N2CCN(c3ccccn3)CC2)nc1. The summed E-state index contributed by atoms with van der Waals surface area (Å²) in [6.45, 7) is 5.22. The maximum Gasteiger partial charge on any atom is 0.161 e. The van der Waals surface area contributed by atoms with Crippen molar-refractivity contribution in [2.24, 2.45) is 0 Å². The van der Waals surface area contributed by atoms with Crippen LogP contribution in [0.25, 0.3) is 0 Å². The van der Waals surface area contributed by atoms with Gasteiger partial charge in [-0.15, -0.1) is 0 Å². The average molecular weight is 282 g/mol. The summed E-state index contributed by atoms with van der Waals surface area (Å²) in [5, 5.41) is 0. The van der Waals surface area contributed by atoms with Gasteiger partial charge in [-0.1, -0.05) is 6.07 Å². The lowest BCUT2D eigenvalue weighted by molar-refractivity contribution is 0.101. The Morgan fingerprint density at radius 3 is 2.10 bits per heavy atom. The summed E-state index contributed by atoms with van der Waals surface area (Å²) in [4.78, 5) is 24.6. The molecule has 1 aliphatic rings. The van der Waals surface area contributed by atoms with E-state index in [2.05, 4.69) is 19.8 Å². The molecule has 2 aromatic rings. The molecule has 0 aliphatic carbocycles. The first-order chi connectivity index (χ1) is 10.2. The second kappa shape index (κ2) is 5.91. The van der Waals surface area contributed by atoms with Gasteiger partial charge in [0.25, 0.3) is 0 Å². The average Bonchev–Trinajstić information content (AvgIpc) is 2.56. The highest BCUT2D eigenvalue weighted by atomic mass is 16.1. The van der Waals surface area contributed by atoms with Crippen molar-refractivity contribution >= 4 is 17.4 Å². The molecule has 108 valence electrons. The van der Waals surface area contributed by atoms with Crippen molar-refractivity contribution in [1.82, 2.24) is 9.97 Å². The van der Waals surface area contributed by atoms with Crippen molar-refractivity contribution in [1.29, 1.82) is 0 Å². The van der Waals surface area contributed by atoms with Crippen LogP contribution in [-0.2, 0) is 0 Å². The van der Waals surface area contributed by atoms with Gasteiger partial charge in [-0.2, -0.15) is 0 Å². The minimum atomic E-state index is 0.0500. The minimum absolute atomic E-state index is 0.0500. The number of Topliss-reactive ketones (excluding diaryl/α,β-unsaturated/α-hetero) is 1. The van der Waals surface area contributed by atoms with Crippen LogP contribution in [0.2, 0.25) is 0 Å². The molecule has 0 amide bonds. The Hall–Kier alpha value is -2.43. The Balaban J connectivity index is 1.64. The molecule has 0 unspecified atom stereocenters. The van der Waals surface area contributed by atoms with Crippen molar-refractivity contribution in [3.63, 3.8) is 0 Å². The van der Waals surface area contributed by atoms with Gasteiger partial charge >= 0.3 is 0 Å². The van der Waals surface area contributed by atoms with Gasteiger partial charge in [0, 0.05) is 44.1 Å². The number of anilines is 2. The number of ketones is 1. The molecule has 1 aliphatic heterocycles. The van der Waals surface area contributed by atoms with E-state index in [9.17, 15) is 4.79 Å². The summed E-state index contributed by atoms with van der Waals surface area (Å²) < 4.78 is 0. The molecule has 0 saturated carbocycles. The van der Waals surface area contributed by atoms with E-state index in [0.717, 1.165) is 37.8 Å². The molecule has 0 aromatic carbocycles. The number of hydrogen-bond donors (Lipinski definition) is 0. The summed E-state index contributed by atoms with van der Waals surface area (Å²) in [7, 11) is 0. The fourth-order valence-corrected chi connectivity index (χ4v) is 2.49. The Labute approximate surface area is 124 Å². The zero-order valence-electron chi connectivity index (χ0n) is 12.1. The molecule has 0 bridgehead atoms. The van der Waals surface area contributed by atoms with Crippen molar-refractivity contribution < 1.29 is 4.79 Å². The van der Waals surface area contributed by atoms with Crippen LogP contribution in [0.15, 0.2) is 42.7 Å². The molecule has 0 N–H and O–H groups in total. The molecular weight excluding hydrogens is 264 g/mol. The number of rotatable bonds is 3. The molecule has 3 heterocycles. The van der Waals surface area contributed by atoms with Crippen LogP contribution in [0.5, 0.6) is 0 Å². The fraction of sp³-hybridized carbons (Fsp3) is 0.312. The van der Waals surface area contributed by atoms with E-state index in [4.69, 9.17) is 0 Å². The van der Waals surface area contributed by atoms with Gasteiger partial charge < -0.3 is 9.80 Å². The highest BCUT2D eigenvalue weighted by molar-refractivity contribution is 5.93. The smallest absolute Gasteiger partial charge is 0.161 e. The van der Waals surface area contributed by atoms with Crippen LogP contribution < -0.4 is 9.80 Å². The van der Waals surface area contributed by atoms with Gasteiger partial charge in [0.05, 0.1) is 0 Å². The number of piperazine rings is 1. The standard InChI is InChI=1S/C16H18N4O/c1-13(21)14-5-6-16(18-12-14)20-10-8-19(9-11-20)15-4-2-3-7-17-15/h2-7,12H,8-11H2,1H3. The van der Waals surface area contributed by atoms with E-state index in [1.54, 1.807) is 13.1 Å². The zero-order chi connectivity index (χ0) is 14.7. The largest absolute Gasteiger partial charge is 0.353 e. The summed E-state index contributed by atoms with van der Waals surface area (Å²) in [5.41, 5.74) is 0.658. The molecule has 5 heteroatoms. The molecule has 2 aromatic heterocycles. The second-order valence-electron chi connectivity index (χ2n) is 5.12. The monoisotopic (exact) mass is 282 g/mol. The molecule has 1 saturated heterocycles. The number of pyridine rings is 2. The minimum Gasteiger partial charge on any atom is -0.353 e. The maximum atomic E-state index is 11.3. The number of aromatic nitrogens is 2. The molecule has 3 rings (SSSR count). The van der Waals surface area contributed by atoms with Crippen LogP contribution in [0.3, 0.4) is 0 Å². The van der Waals surface area contributed by atoms with E-state index in [0.29, 0.717) is 5.56 Å². The Morgan fingerprint density at radius 1 is 0.952 bits per heavy atom. The van der Waals surface area contributed by atoms with Crippen molar-refractivity contribution in [2.45, 2.75) is 6.92 Å². The third-order valence-electron chi connectivity index (χ3n) is 3.73. The van der Waals surface area contributed by atoms with Crippen LogP contribution in [0, 0.1) is 0 Å². The number of hydrogen-bond acceptors (Lipinski definition) is 5. The molecular formula is C16H18N4O. The predicted molar refractivity (Wildman–Crippen MR) is 82.9 cm³/mol. The molecule has 0 radical (unpaired) electrons. The summed E-state index contributed by atoms with van der Waals surface area (Å²) >= 11 is 0. The Kier molecular flexibility index (Phi) is 3.81. The molecule has 1 fully saturated rings. The van der Waals surface area contributed by atoms with Gasteiger partial charge in [-0.05, 0) is 31.2 Å². The molecule has 0 atom stereocenters. The number of carbonyl (C=O) groups is 1. The lowest BCUT2D eigenvalue weighted by Gasteiger charge is -2.36. The number of carbonyl (C=O) groups excluding carboxylic acids is 1. The van der Waals surface area contributed by atoms with Gasteiger partial charge in [-0.3, -0.25) is 4.79 Å². The van der Waals surface area contributed by atoms with Gasteiger partial charge in [0.1, 0.15) is 11.6 Å². The van der Waals surface area contributed by atoms with E-state index in [1.165, 1.54) is 0 Å². The first kappa shape index (κ1) is 13.5. The molecule has 0 spiro atoms. The summed E-state index contributed by atoms with van der Waals surface area (Å²) in [6.07, 6.45) is 3.48. The Bertz CT molecular complexity index is 604. The van der Waals surface area contributed by atoms with Gasteiger partial charge in [-0.25, -0.2) is 9.97 Å². The first-order valence-corrected chi connectivity index (χ1v) is 7.12. The normalized spacial score (nSPS) is 15.1. The lowest BCUT2D eigenvalue weighted by atomic mass is 10.2. The highest BCUT2D eigenvalue weighted by Crippen LogP contribution is 2.17. The van der Waals surface area contributed by atoms with E-state index < -0.39 is 0 Å². The van der Waals surface area contributed by atoms with Crippen LogP contribution >= 0.6 is 0 Å². The number of nitrogens with zero attached hydrogens (tertiary/aromatic N) is 4. The van der Waals surface area contributed by atoms with Crippen molar-refractivity contribution in [2.75, 3.05) is 36.0 Å². The lowest BCUT2D eigenvalue weighted by Crippen LogP contribution is -2.47. The van der Waals surface area contributed by atoms with E-state index in [1.807, 2.05) is 36.5 Å². The third kappa shape index (κ3) is 3.02. The van der Waals surface area contributed by atoms with Crippen LogP contribution in [-0.4, -0.2) is 41.9 Å². The summed E-state index contributed by atoms with van der Waals surface area (Å²) in [6, 6.07) is 9.75. The second-order valence-corrected chi connectivity index (χ2v) is 5.12. The van der Waals surface area contributed by atoms with Crippen LogP contribution in [0.1, 0.15) is 17.3 Å². The van der Waals surface area contributed by atoms with Gasteiger partial charge in [0.2, 0.25) is 0 Å². The van der Waals surface area contributed by atoms with E-state index in [-0.39, 0.29) is 5.78 Å². The quantitative estimate of drug-likeness (QED) is 0.806. The van der Waals surface area contributed by atoms with Crippen LogP contribution in [0.4, 0.5) is 11.6 Å². The predicted octanol–water partition coefficient (Wildman–Crippen LogP) is 2.01. The summed E-state index contributed by atoms with van der Waals surface area (Å²) in [5.74, 6) is 2.01.